The Hall–Kier alpha value is -3.59. The third-order valence-corrected chi connectivity index (χ3v) is 5.23. The maximum absolute atomic E-state index is 12.5. The molecule has 3 rings (SSSR count). The summed E-state index contributed by atoms with van der Waals surface area (Å²) in [4.78, 5) is 24.9. The Kier molecular flexibility index (Phi) is 7.83. The van der Waals surface area contributed by atoms with Gasteiger partial charge in [-0.15, -0.1) is 0 Å². The second kappa shape index (κ2) is 11.0. The predicted octanol–water partition coefficient (Wildman–Crippen LogP) is 4.19. The van der Waals surface area contributed by atoms with Crippen LogP contribution in [0.2, 0.25) is 0 Å². The zero-order valence-electron chi connectivity index (χ0n) is 17.6. The zero-order valence-corrected chi connectivity index (χ0v) is 17.6. The molecule has 2 aromatic carbocycles. The Labute approximate surface area is 182 Å². The summed E-state index contributed by atoms with van der Waals surface area (Å²) in [6.45, 7) is 2.01. The van der Waals surface area contributed by atoms with E-state index in [0.717, 1.165) is 16.7 Å². The first-order valence-corrected chi connectivity index (χ1v) is 10.4. The number of hydrogen-bond acceptors (Lipinski definition) is 4. The van der Waals surface area contributed by atoms with Crippen molar-refractivity contribution in [2.24, 2.45) is 5.92 Å². The highest BCUT2D eigenvalue weighted by Gasteiger charge is 2.20. The minimum Gasteiger partial charge on any atom is -0.445 e. The molecule has 3 atom stereocenters. The second-order valence-electron chi connectivity index (χ2n) is 7.73. The van der Waals surface area contributed by atoms with E-state index in [4.69, 9.17) is 10.00 Å². The summed E-state index contributed by atoms with van der Waals surface area (Å²) in [5, 5.41) is 15.0. The average molecular weight is 418 g/mol. The Bertz CT molecular complexity index is 965. The van der Waals surface area contributed by atoms with Gasteiger partial charge in [-0.25, -0.2) is 4.79 Å². The van der Waals surface area contributed by atoms with Gasteiger partial charge < -0.3 is 15.4 Å². The van der Waals surface area contributed by atoms with Crippen LogP contribution in [0.1, 0.15) is 42.5 Å². The van der Waals surface area contributed by atoms with Crippen molar-refractivity contribution in [1.82, 2.24) is 10.6 Å². The van der Waals surface area contributed by atoms with Crippen molar-refractivity contribution in [3.05, 3.63) is 83.4 Å². The highest BCUT2D eigenvalue weighted by Crippen LogP contribution is 2.21. The predicted molar refractivity (Wildman–Crippen MR) is 118 cm³/mol. The Morgan fingerprint density at radius 2 is 2.03 bits per heavy atom. The van der Waals surface area contributed by atoms with Gasteiger partial charge in [-0.3, -0.25) is 4.79 Å². The lowest BCUT2D eigenvalue weighted by molar-refractivity contribution is -0.123. The molecule has 6 nitrogen and oxygen atoms in total. The van der Waals surface area contributed by atoms with Gasteiger partial charge in [-0.1, -0.05) is 73.7 Å². The van der Waals surface area contributed by atoms with Gasteiger partial charge in [0.05, 0.1) is 24.4 Å². The van der Waals surface area contributed by atoms with Crippen molar-refractivity contribution >= 4 is 12.0 Å². The summed E-state index contributed by atoms with van der Waals surface area (Å²) < 4.78 is 5.39. The molecule has 0 fully saturated rings. The van der Waals surface area contributed by atoms with E-state index in [9.17, 15) is 9.59 Å². The highest BCUT2D eigenvalue weighted by atomic mass is 16.5. The highest BCUT2D eigenvalue weighted by molar-refractivity contribution is 5.80. The first-order valence-electron chi connectivity index (χ1n) is 10.4. The van der Waals surface area contributed by atoms with E-state index in [0.29, 0.717) is 12.8 Å². The van der Waals surface area contributed by atoms with E-state index in [2.05, 4.69) is 16.7 Å². The van der Waals surface area contributed by atoms with E-state index in [1.807, 2.05) is 73.7 Å². The van der Waals surface area contributed by atoms with Gasteiger partial charge in [0.2, 0.25) is 5.91 Å². The van der Waals surface area contributed by atoms with Crippen LogP contribution in [0.25, 0.3) is 0 Å². The number of rotatable bonds is 4. The van der Waals surface area contributed by atoms with Crippen LogP contribution in [0.4, 0.5) is 4.79 Å². The third kappa shape index (κ3) is 6.71. The number of amides is 2. The van der Waals surface area contributed by atoms with Crippen molar-refractivity contribution in [3.63, 3.8) is 0 Å². The molecule has 6 heteroatoms. The number of nitriles is 1. The molecule has 2 N–H and O–H groups in total. The van der Waals surface area contributed by atoms with Gasteiger partial charge >= 0.3 is 6.09 Å². The second-order valence-corrected chi connectivity index (χ2v) is 7.73. The SMILES string of the molecule is C[C@@H]1/C=C/C[C@H](NC(=O)OCc2ccccc2)c2cccc(c2)C[C@H](CC#N)NC1=O. The number of ether oxygens (including phenoxy) is 1. The number of hydrogen-bond donors (Lipinski definition) is 2. The summed E-state index contributed by atoms with van der Waals surface area (Å²) in [5.74, 6) is -0.440. The minimum absolute atomic E-state index is 0.111. The number of fused-ring (bicyclic) bond motifs is 2. The smallest absolute Gasteiger partial charge is 0.407 e. The summed E-state index contributed by atoms with van der Waals surface area (Å²) in [6, 6.07) is 19.0. The van der Waals surface area contributed by atoms with Crippen LogP contribution < -0.4 is 10.6 Å². The molecule has 31 heavy (non-hydrogen) atoms. The molecule has 2 amide bonds. The van der Waals surface area contributed by atoms with E-state index in [-0.39, 0.29) is 36.9 Å². The normalized spacial score (nSPS) is 22.1. The van der Waals surface area contributed by atoms with Gasteiger partial charge in [0.25, 0.3) is 0 Å². The molecular formula is C25H27N3O3. The summed E-state index contributed by atoms with van der Waals surface area (Å²) >= 11 is 0. The third-order valence-electron chi connectivity index (χ3n) is 5.23. The number of carbonyl (C=O) groups excluding carboxylic acids is 2. The molecule has 0 aliphatic carbocycles. The van der Waals surface area contributed by atoms with E-state index >= 15 is 0 Å². The number of carbonyl (C=O) groups is 2. The quantitative estimate of drug-likeness (QED) is 0.730. The van der Waals surface area contributed by atoms with Crippen LogP contribution in [0.3, 0.4) is 0 Å². The molecule has 0 saturated carbocycles. The van der Waals surface area contributed by atoms with Crippen molar-refractivity contribution in [2.75, 3.05) is 0 Å². The monoisotopic (exact) mass is 417 g/mol. The maximum atomic E-state index is 12.5. The van der Waals surface area contributed by atoms with Crippen molar-refractivity contribution in [3.8, 4) is 6.07 Å². The number of nitrogens with one attached hydrogen (secondary N) is 2. The molecule has 0 saturated heterocycles. The van der Waals surface area contributed by atoms with Gasteiger partial charge in [-0.2, -0.15) is 5.26 Å². The minimum atomic E-state index is -0.493. The van der Waals surface area contributed by atoms with Gasteiger partial charge in [0.1, 0.15) is 6.61 Å². The largest absolute Gasteiger partial charge is 0.445 e. The first kappa shape index (κ1) is 22.1. The van der Waals surface area contributed by atoms with Crippen LogP contribution in [0.15, 0.2) is 66.7 Å². The van der Waals surface area contributed by atoms with Crippen molar-refractivity contribution in [2.45, 2.75) is 44.9 Å². The Balaban J connectivity index is 1.77. The van der Waals surface area contributed by atoms with E-state index in [1.54, 1.807) is 0 Å². The molecule has 0 aromatic heterocycles. The Morgan fingerprint density at radius 1 is 1.23 bits per heavy atom. The summed E-state index contributed by atoms with van der Waals surface area (Å²) in [7, 11) is 0. The standard InChI is InChI=1S/C25H27N3O3/c1-18-7-5-12-23(28-25(30)31-17-19-8-3-2-4-9-19)21-11-6-10-20(15-21)16-22(13-14-26)27-24(18)29/h2-11,15,18,22-23H,12-13,16-17H2,1H3,(H,27,29)(H,28,30)/b7-5+/t18-,22+,23+/m1/s1. The molecule has 160 valence electrons. The van der Waals surface area contributed by atoms with Gasteiger partial charge in [0.15, 0.2) is 0 Å². The molecular weight excluding hydrogens is 390 g/mol. The molecule has 1 heterocycles. The molecule has 1 aliphatic rings. The van der Waals surface area contributed by atoms with Crippen LogP contribution >= 0.6 is 0 Å². The molecule has 0 unspecified atom stereocenters. The van der Waals surface area contributed by atoms with Gasteiger partial charge in [-0.05, 0) is 29.5 Å². The maximum Gasteiger partial charge on any atom is 0.407 e. The Morgan fingerprint density at radius 3 is 2.81 bits per heavy atom. The van der Waals surface area contributed by atoms with E-state index < -0.39 is 6.09 Å². The zero-order chi connectivity index (χ0) is 22.1. The lowest BCUT2D eigenvalue weighted by Gasteiger charge is -2.22. The summed E-state index contributed by atoms with van der Waals surface area (Å²) in [6.07, 6.45) is 4.55. The molecule has 0 spiro atoms. The summed E-state index contributed by atoms with van der Waals surface area (Å²) in [5.41, 5.74) is 2.87. The molecule has 0 radical (unpaired) electrons. The fourth-order valence-electron chi connectivity index (χ4n) is 3.53. The molecule has 1 aliphatic heterocycles. The van der Waals surface area contributed by atoms with Gasteiger partial charge in [0, 0.05) is 6.04 Å². The van der Waals surface area contributed by atoms with Crippen LogP contribution in [0, 0.1) is 17.2 Å². The molecule has 2 aromatic rings. The number of alkyl carbamates (subject to hydrolysis) is 1. The van der Waals surface area contributed by atoms with Crippen LogP contribution in [0.5, 0.6) is 0 Å². The number of nitrogens with zero attached hydrogens (tertiary/aromatic N) is 1. The lowest BCUT2D eigenvalue weighted by atomic mass is 9.95. The fourth-order valence-corrected chi connectivity index (χ4v) is 3.53. The van der Waals surface area contributed by atoms with Crippen LogP contribution in [-0.4, -0.2) is 18.0 Å². The lowest BCUT2D eigenvalue weighted by Crippen LogP contribution is -2.39. The van der Waals surface area contributed by atoms with Crippen molar-refractivity contribution in [1.29, 1.82) is 5.26 Å². The number of benzene rings is 2. The van der Waals surface area contributed by atoms with Crippen molar-refractivity contribution < 1.29 is 14.3 Å². The first-order chi connectivity index (χ1) is 15.0. The van der Waals surface area contributed by atoms with E-state index in [1.165, 1.54) is 0 Å². The fraction of sp³-hybridized carbons (Fsp3) is 0.320. The van der Waals surface area contributed by atoms with Crippen LogP contribution in [-0.2, 0) is 22.6 Å². The topological polar surface area (TPSA) is 91.2 Å². The average Bonchev–Trinajstić information content (AvgIpc) is 2.77. The molecule has 2 bridgehead atoms.